The number of hydrogen-bond acceptors (Lipinski definition) is 5. The lowest BCUT2D eigenvalue weighted by atomic mass is 9.75. The summed E-state index contributed by atoms with van der Waals surface area (Å²) in [6, 6.07) is 5.32. The zero-order chi connectivity index (χ0) is 20.1. The van der Waals surface area contributed by atoms with Gasteiger partial charge < -0.3 is 25.6 Å². The van der Waals surface area contributed by atoms with Gasteiger partial charge in [0.05, 0.1) is 23.2 Å². The summed E-state index contributed by atoms with van der Waals surface area (Å²) in [6.45, 7) is 6.30. The van der Waals surface area contributed by atoms with E-state index in [9.17, 15) is 19.6 Å². The number of aryl methyl sites for hydroxylation is 1. The van der Waals surface area contributed by atoms with Gasteiger partial charge in [-0.1, -0.05) is 31.5 Å². The first kappa shape index (κ1) is 21.5. The van der Waals surface area contributed by atoms with E-state index in [1.807, 2.05) is 43.9 Å². The predicted octanol–water partition coefficient (Wildman–Crippen LogP) is 0.886. The van der Waals surface area contributed by atoms with Crippen LogP contribution in [0.1, 0.15) is 32.3 Å². The Bertz CT molecular complexity index is 687. The molecule has 2 rings (SSSR count). The van der Waals surface area contributed by atoms with Crippen LogP contribution in [-0.2, 0) is 9.59 Å². The highest BCUT2D eigenvalue weighted by atomic mass is 35.5. The number of nitrogens with one attached hydrogen (secondary N) is 2. The Hall–Kier alpha value is -1.77. The molecule has 0 saturated carbocycles. The van der Waals surface area contributed by atoms with Gasteiger partial charge >= 0.3 is 7.12 Å². The molecule has 7 nitrogen and oxygen atoms in total. The molecule has 1 aromatic rings. The highest BCUT2D eigenvalue weighted by Gasteiger charge is 2.35. The van der Waals surface area contributed by atoms with Gasteiger partial charge in [0, 0.05) is 6.54 Å². The Kier molecular flexibility index (Phi) is 7.53. The summed E-state index contributed by atoms with van der Waals surface area (Å²) in [5, 5.41) is 24.5. The normalized spacial score (nSPS) is 17.3. The van der Waals surface area contributed by atoms with Gasteiger partial charge in [0.25, 0.3) is 0 Å². The average Bonchev–Trinajstić information content (AvgIpc) is 2.53. The Morgan fingerprint density at radius 1 is 1.37 bits per heavy atom. The van der Waals surface area contributed by atoms with E-state index in [2.05, 4.69) is 10.6 Å². The molecule has 27 heavy (non-hydrogen) atoms. The van der Waals surface area contributed by atoms with Crippen molar-refractivity contribution in [3.63, 3.8) is 0 Å². The van der Waals surface area contributed by atoms with Gasteiger partial charge in [-0.3, -0.25) is 9.59 Å². The Labute approximate surface area is 165 Å². The van der Waals surface area contributed by atoms with Crippen LogP contribution < -0.4 is 15.5 Å². The van der Waals surface area contributed by atoms with E-state index < -0.39 is 19.0 Å². The molecule has 1 heterocycles. The molecule has 2 atom stereocenters. The molecule has 0 aromatic heterocycles. The monoisotopic (exact) mass is 395 g/mol. The van der Waals surface area contributed by atoms with Crippen LogP contribution in [-0.4, -0.2) is 54.1 Å². The van der Waals surface area contributed by atoms with E-state index in [1.54, 1.807) is 0 Å². The number of amides is 2. The largest absolute Gasteiger partial charge is 0.475 e. The van der Waals surface area contributed by atoms with Crippen LogP contribution >= 0.6 is 11.6 Å². The highest BCUT2D eigenvalue weighted by molar-refractivity contribution is 6.43. The van der Waals surface area contributed by atoms with Gasteiger partial charge in [-0.25, -0.2) is 0 Å². The number of hydrogen-bond donors (Lipinski definition) is 4. The number of rotatable bonds is 8. The first-order valence-corrected chi connectivity index (χ1v) is 9.52. The van der Waals surface area contributed by atoms with E-state index >= 15 is 0 Å². The summed E-state index contributed by atoms with van der Waals surface area (Å²) in [4.78, 5) is 26.4. The summed E-state index contributed by atoms with van der Waals surface area (Å²) in [6.07, 6.45) is 1.11. The molecule has 1 aliphatic rings. The third kappa shape index (κ3) is 5.86. The summed E-state index contributed by atoms with van der Waals surface area (Å²) < 4.78 is 0. The van der Waals surface area contributed by atoms with Crippen molar-refractivity contribution >= 4 is 36.2 Å². The lowest BCUT2D eigenvalue weighted by molar-refractivity contribution is -0.127. The maximum Gasteiger partial charge on any atom is 0.475 e. The molecule has 148 valence electrons. The molecule has 0 aliphatic carbocycles. The minimum absolute atomic E-state index is 0.189. The van der Waals surface area contributed by atoms with Crippen LogP contribution in [0.4, 0.5) is 5.69 Å². The number of halogens is 1. The van der Waals surface area contributed by atoms with E-state index in [-0.39, 0.29) is 24.4 Å². The number of carbonyl (C=O) groups excluding carboxylic acids is 2. The van der Waals surface area contributed by atoms with Gasteiger partial charge in [0.1, 0.15) is 6.04 Å². The lowest BCUT2D eigenvalue weighted by Gasteiger charge is -2.42. The van der Waals surface area contributed by atoms with Crippen molar-refractivity contribution in [3.8, 4) is 0 Å². The molecule has 1 unspecified atom stereocenters. The van der Waals surface area contributed by atoms with Gasteiger partial charge in [0.2, 0.25) is 11.8 Å². The second-order valence-electron chi connectivity index (χ2n) is 7.39. The smallest absolute Gasteiger partial charge is 0.426 e. The van der Waals surface area contributed by atoms with E-state index in [1.165, 1.54) is 0 Å². The standard InChI is InChI=1S/C18H27BClN3O4/c1-11(2)8-16(19(26)27)22-17(24)10-21-18(25)15-6-7-23(15)14-5-4-12(3)9-13(14)20/h4-5,9,11,15-16,26-27H,6-8,10H2,1-3H3,(H,21,25)(H,22,24)/t15-,16?/m0/s1. The number of anilines is 1. The second kappa shape index (κ2) is 9.44. The average molecular weight is 396 g/mol. The van der Waals surface area contributed by atoms with Crippen molar-refractivity contribution < 1.29 is 19.6 Å². The van der Waals surface area contributed by atoms with E-state index in [0.717, 1.165) is 17.8 Å². The zero-order valence-electron chi connectivity index (χ0n) is 15.9. The van der Waals surface area contributed by atoms with Crippen LogP contribution in [0.5, 0.6) is 0 Å². The van der Waals surface area contributed by atoms with Crippen molar-refractivity contribution in [2.24, 2.45) is 5.92 Å². The van der Waals surface area contributed by atoms with Crippen LogP contribution in [0.25, 0.3) is 0 Å². The highest BCUT2D eigenvalue weighted by Crippen LogP contribution is 2.33. The molecule has 4 N–H and O–H groups in total. The topological polar surface area (TPSA) is 102 Å². The minimum atomic E-state index is -1.64. The third-order valence-corrected chi connectivity index (χ3v) is 4.89. The molecule has 2 amide bonds. The van der Waals surface area contributed by atoms with Crippen LogP contribution in [0, 0.1) is 12.8 Å². The molecule has 0 spiro atoms. The van der Waals surface area contributed by atoms with Crippen LogP contribution in [0.2, 0.25) is 5.02 Å². The number of benzene rings is 1. The third-order valence-electron chi connectivity index (χ3n) is 4.59. The lowest BCUT2D eigenvalue weighted by Crippen LogP contribution is -2.58. The van der Waals surface area contributed by atoms with Gasteiger partial charge in [-0.05, 0) is 43.4 Å². The fourth-order valence-corrected chi connectivity index (χ4v) is 3.44. The first-order valence-electron chi connectivity index (χ1n) is 9.15. The predicted molar refractivity (Wildman–Crippen MR) is 107 cm³/mol. The summed E-state index contributed by atoms with van der Waals surface area (Å²) in [5.41, 5.74) is 1.85. The van der Waals surface area contributed by atoms with Gasteiger partial charge in [-0.15, -0.1) is 0 Å². The summed E-state index contributed by atoms with van der Waals surface area (Å²) >= 11 is 6.28. The fraction of sp³-hybridized carbons (Fsp3) is 0.556. The molecular formula is C18H27BClN3O4. The maximum absolute atomic E-state index is 12.4. The van der Waals surface area contributed by atoms with Crippen molar-refractivity contribution in [3.05, 3.63) is 28.8 Å². The van der Waals surface area contributed by atoms with Crippen molar-refractivity contribution in [1.29, 1.82) is 0 Å². The Morgan fingerprint density at radius 2 is 2.07 bits per heavy atom. The molecule has 1 fully saturated rings. The molecule has 9 heteroatoms. The van der Waals surface area contributed by atoms with Crippen molar-refractivity contribution in [2.45, 2.75) is 45.6 Å². The molecule has 0 bridgehead atoms. The quantitative estimate of drug-likeness (QED) is 0.490. The molecular weight excluding hydrogens is 368 g/mol. The number of carbonyl (C=O) groups is 2. The van der Waals surface area contributed by atoms with Crippen molar-refractivity contribution in [2.75, 3.05) is 18.0 Å². The molecule has 1 aromatic carbocycles. The minimum Gasteiger partial charge on any atom is -0.426 e. The van der Waals surface area contributed by atoms with Crippen LogP contribution in [0.3, 0.4) is 0 Å². The van der Waals surface area contributed by atoms with Gasteiger partial charge in [0.15, 0.2) is 0 Å². The molecule has 1 aliphatic heterocycles. The zero-order valence-corrected chi connectivity index (χ0v) is 16.7. The maximum atomic E-state index is 12.4. The summed E-state index contributed by atoms with van der Waals surface area (Å²) in [5.74, 6) is -1.28. The number of nitrogens with zero attached hydrogens (tertiary/aromatic N) is 1. The molecule has 1 saturated heterocycles. The van der Waals surface area contributed by atoms with Crippen LogP contribution in [0.15, 0.2) is 18.2 Å². The summed E-state index contributed by atoms with van der Waals surface area (Å²) in [7, 11) is -1.64. The second-order valence-corrected chi connectivity index (χ2v) is 7.79. The van der Waals surface area contributed by atoms with Crippen molar-refractivity contribution in [1.82, 2.24) is 10.6 Å². The Morgan fingerprint density at radius 3 is 2.59 bits per heavy atom. The molecule has 0 radical (unpaired) electrons. The van der Waals surface area contributed by atoms with Gasteiger partial charge in [-0.2, -0.15) is 0 Å². The van der Waals surface area contributed by atoms with E-state index in [0.29, 0.717) is 17.9 Å². The fourth-order valence-electron chi connectivity index (χ4n) is 3.10. The SMILES string of the molecule is Cc1ccc(N2CC[C@H]2C(=O)NCC(=O)NC(CC(C)C)B(O)O)c(Cl)c1. The van der Waals surface area contributed by atoms with E-state index in [4.69, 9.17) is 11.6 Å². The Balaban J connectivity index is 1.87. The first-order chi connectivity index (χ1) is 12.7.